The maximum atomic E-state index is 12.3. The quantitative estimate of drug-likeness (QED) is 0.676. The number of aromatic nitrogens is 1. The van der Waals surface area contributed by atoms with Gasteiger partial charge in [0.05, 0.1) is 17.7 Å². The number of nitrogens with zero attached hydrogens (tertiary/aromatic N) is 2. The van der Waals surface area contributed by atoms with Crippen molar-refractivity contribution in [1.29, 1.82) is 0 Å². The number of ketones is 2. The number of benzene rings is 2. The molecule has 3 aromatic rings. The summed E-state index contributed by atoms with van der Waals surface area (Å²) in [4.78, 5) is 25.9. The third-order valence-electron chi connectivity index (χ3n) is 4.78. The van der Waals surface area contributed by atoms with Gasteiger partial charge < -0.3 is 9.42 Å². The highest BCUT2D eigenvalue weighted by molar-refractivity contribution is 6.11. The van der Waals surface area contributed by atoms with E-state index in [4.69, 9.17) is 4.52 Å². The molecule has 0 amide bonds. The van der Waals surface area contributed by atoms with Crippen molar-refractivity contribution >= 4 is 39.0 Å². The van der Waals surface area contributed by atoms with Gasteiger partial charge in [0.2, 0.25) is 0 Å². The summed E-state index contributed by atoms with van der Waals surface area (Å²) in [6.07, 6.45) is 0.959. The third kappa shape index (κ3) is 2.28. The molecule has 2 aromatic carbocycles. The van der Waals surface area contributed by atoms with Crippen LogP contribution in [0.3, 0.4) is 0 Å². The summed E-state index contributed by atoms with van der Waals surface area (Å²) in [5.74, 6) is -0.379. The van der Waals surface area contributed by atoms with Crippen molar-refractivity contribution in [2.45, 2.75) is 25.2 Å². The molecule has 0 spiro atoms. The minimum Gasteiger partial charge on any atom is -0.378 e. The molecule has 4 rings (SSSR count). The minimum absolute atomic E-state index is 0.00850. The first-order valence-electron chi connectivity index (χ1n) is 8.08. The van der Waals surface area contributed by atoms with Crippen LogP contribution in [0, 0.1) is 0 Å². The second kappa shape index (κ2) is 5.44. The van der Waals surface area contributed by atoms with Gasteiger partial charge in [-0.05, 0) is 35.4 Å². The molecule has 0 aliphatic heterocycles. The van der Waals surface area contributed by atoms with Crippen molar-refractivity contribution in [3.63, 3.8) is 0 Å². The maximum absolute atomic E-state index is 12.3. The fourth-order valence-electron chi connectivity index (χ4n) is 3.46. The third-order valence-corrected chi connectivity index (χ3v) is 4.78. The highest BCUT2D eigenvalue weighted by atomic mass is 16.5. The van der Waals surface area contributed by atoms with Crippen molar-refractivity contribution in [2.24, 2.45) is 0 Å². The van der Waals surface area contributed by atoms with Crippen LogP contribution in [-0.4, -0.2) is 30.8 Å². The zero-order chi connectivity index (χ0) is 16.8. The lowest BCUT2D eigenvalue weighted by Crippen LogP contribution is -2.23. The van der Waals surface area contributed by atoms with Gasteiger partial charge in [-0.2, -0.15) is 0 Å². The predicted octanol–water partition coefficient (Wildman–Crippen LogP) is 3.45. The summed E-state index contributed by atoms with van der Waals surface area (Å²) in [6, 6.07) is 10.1. The lowest BCUT2D eigenvalue weighted by molar-refractivity contribution is -0.130. The molecule has 5 nitrogen and oxygen atoms in total. The Kier molecular flexibility index (Phi) is 3.37. The standard InChI is InChI=1S/C19H18N2O3/c1-21(2)12-4-6-14-11(9-12)3-8-17-18(14)19(20-24-17)15-7-5-13(22)10-16(15)23/h3-4,6,8-9,15H,5,7,10H2,1-2H3/t15-/m0/s1. The van der Waals surface area contributed by atoms with Gasteiger partial charge in [-0.15, -0.1) is 0 Å². The van der Waals surface area contributed by atoms with E-state index in [1.807, 2.05) is 38.4 Å². The molecule has 1 atom stereocenters. The predicted molar refractivity (Wildman–Crippen MR) is 92.4 cm³/mol. The fourth-order valence-corrected chi connectivity index (χ4v) is 3.46. The Labute approximate surface area is 139 Å². The second-order valence-electron chi connectivity index (χ2n) is 6.58. The summed E-state index contributed by atoms with van der Waals surface area (Å²) < 4.78 is 5.47. The van der Waals surface area contributed by atoms with Crippen molar-refractivity contribution in [1.82, 2.24) is 5.16 Å². The summed E-state index contributed by atoms with van der Waals surface area (Å²) in [7, 11) is 4.00. The number of rotatable bonds is 2. The maximum Gasteiger partial charge on any atom is 0.167 e. The summed E-state index contributed by atoms with van der Waals surface area (Å²) in [6.45, 7) is 0. The number of anilines is 1. The highest BCUT2D eigenvalue weighted by Crippen LogP contribution is 2.37. The minimum atomic E-state index is -0.344. The van der Waals surface area contributed by atoms with Gasteiger partial charge in [0.15, 0.2) is 5.58 Å². The van der Waals surface area contributed by atoms with E-state index in [0.717, 1.165) is 21.8 Å². The monoisotopic (exact) mass is 322 g/mol. The number of carbonyl (C=O) groups is 2. The molecule has 5 heteroatoms. The first-order valence-corrected chi connectivity index (χ1v) is 8.08. The lowest BCUT2D eigenvalue weighted by atomic mass is 9.83. The first-order chi connectivity index (χ1) is 11.5. The normalized spacial score (nSPS) is 18.5. The van der Waals surface area contributed by atoms with Crippen LogP contribution in [0.15, 0.2) is 34.9 Å². The first kappa shape index (κ1) is 14.9. The molecule has 0 N–H and O–H groups in total. The Morgan fingerprint density at radius 1 is 1.17 bits per heavy atom. The van der Waals surface area contributed by atoms with Gasteiger partial charge in [-0.1, -0.05) is 17.3 Å². The Hall–Kier alpha value is -2.69. The summed E-state index contributed by atoms with van der Waals surface area (Å²) >= 11 is 0. The van der Waals surface area contributed by atoms with E-state index in [0.29, 0.717) is 24.1 Å². The molecule has 1 heterocycles. The van der Waals surface area contributed by atoms with E-state index in [1.54, 1.807) is 0 Å². The van der Waals surface area contributed by atoms with Crippen LogP contribution in [0.5, 0.6) is 0 Å². The molecule has 1 aromatic heterocycles. The van der Waals surface area contributed by atoms with Crippen LogP contribution >= 0.6 is 0 Å². The smallest absolute Gasteiger partial charge is 0.167 e. The Morgan fingerprint density at radius 2 is 2.00 bits per heavy atom. The van der Waals surface area contributed by atoms with Crippen LogP contribution in [0.1, 0.15) is 30.9 Å². The summed E-state index contributed by atoms with van der Waals surface area (Å²) in [5.41, 5.74) is 2.46. The van der Waals surface area contributed by atoms with Gasteiger partial charge in [0, 0.05) is 26.2 Å². The molecule has 1 fully saturated rings. The van der Waals surface area contributed by atoms with Gasteiger partial charge >= 0.3 is 0 Å². The molecular weight excluding hydrogens is 304 g/mol. The zero-order valence-electron chi connectivity index (χ0n) is 13.7. The van der Waals surface area contributed by atoms with Gasteiger partial charge in [0.25, 0.3) is 0 Å². The van der Waals surface area contributed by atoms with E-state index in [1.165, 1.54) is 0 Å². The Bertz CT molecular complexity index is 971. The Balaban J connectivity index is 1.91. The van der Waals surface area contributed by atoms with E-state index in [9.17, 15) is 9.59 Å². The molecule has 0 saturated heterocycles. The number of hydrogen-bond donors (Lipinski definition) is 0. The molecule has 0 bridgehead atoms. The molecular formula is C19H18N2O3. The van der Waals surface area contributed by atoms with E-state index >= 15 is 0 Å². The van der Waals surface area contributed by atoms with Crippen molar-refractivity contribution in [2.75, 3.05) is 19.0 Å². The summed E-state index contributed by atoms with van der Waals surface area (Å²) in [5, 5.41) is 7.19. The van der Waals surface area contributed by atoms with Crippen molar-refractivity contribution in [3.8, 4) is 0 Å². The molecule has 1 aliphatic carbocycles. The van der Waals surface area contributed by atoms with Gasteiger partial charge in [-0.25, -0.2) is 0 Å². The average Bonchev–Trinajstić information content (AvgIpc) is 2.98. The molecule has 1 saturated carbocycles. The number of fused-ring (bicyclic) bond motifs is 3. The zero-order valence-corrected chi connectivity index (χ0v) is 13.7. The number of Topliss-reactive ketones (excluding diaryl/α,β-unsaturated/α-hetero) is 2. The topological polar surface area (TPSA) is 63.4 Å². The highest BCUT2D eigenvalue weighted by Gasteiger charge is 2.32. The van der Waals surface area contributed by atoms with Gasteiger partial charge in [0.1, 0.15) is 17.3 Å². The molecule has 0 radical (unpaired) electrons. The van der Waals surface area contributed by atoms with Crippen LogP contribution < -0.4 is 4.90 Å². The van der Waals surface area contributed by atoms with E-state index < -0.39 is 0 Å². The second-order valence-corrected chi connectivity index (χ2v) is 6.58. The number of hydrogen-bond acceptors (Lipinski definition) is 5. The molecule has 122 valence electrons. The average molecular weight is 322 g/mol. The van der Waals surface area contributed by atoms with Crippen LogP contribution in [0.4, 0.5) is 5.69 Å². The molecule has 24 heavy (non-hydrogen) atoms. The largest absolute Gasteiger partial charge is 0.378 e. The van der Waals surface area contributed by atoms with E-state index in [-0.39, 0.29) is 23.9 Å². The van der Waals surface area contributed by atoms with Crippen LogP contribution in [-0.2, 0) is 9.59 Å². The lowest BCUT2D eigenvalue weighted by Gasteiger charge is -2.18. The van der Waals surface area contributed by atoms with Crippen LogP contribution in [0.2, 0.25) is 0 Å². The fraction of sp³-hybridized carbons (Fsp3) is 0.316. The van der Waals surface area contributed by atoms with Crippen LogP contribution in [0.25, 0.3) is 21.7 Å². The van der Waals surface area contributed by atoms with Gasteiger partial charge in [-0.3, -0.25) is 9.59 Å². The Morgan fingerprint density at radius 3 is 2.75 bits per heavy atom. The van der Waals surface area contributed by atoms with E-state index in [2.05, 4.69) is 16.1 Å². The van der Waals surface area contributed by atoms with Crippen molar-refractivity contribution in [3.05, 3.63) is 36.0 Å². The molecule has 0 unspecified atom stereocenters. The van der Waals surface area contributed by atoms with Crippen molar-refractivity contribution < 1.29 is 14.1 Å². The SMILES string of the molecule is CN(C)c1ccc2c(ccc3onc([C@H]4CCC(=O)CC4=O)c32)c1. The number of carbonyl (C=O) groups excluding carboxylic acids is 2. The molecule has 1 aliphatic rings.